The van der Waals surface area contributed by atoms with Gasteiger partial charge in [-0.2, -0.15) is 0 Å². The SMILES string of the molecule is COC(=O)N(C)[C@H]1CC[C@H](C(C)C)CC1. The molecule has 0 radical (unpaired) electrons. The van der Waals surface area contributed by atoms with Crippen LogP contribution in [-0.4, -0.2) is 31.2 Å². The van der Waals surface area contributed by atoms with Crippen molar-refractivity contribution in [1.29, 1.82) is 0 Å². The molecule has 0 aromatic rings. The quantitative estimate of drug-likeness (QED) is 0.706. The van der Waals surface area contributed by atoms with Crippen LogP contribution in [0, 0.1) is 11.8 Å². The minimum absolute atomic E-state index is 0.206. The zero-order valence-corrected chi connectivity index (χ0v) is 10.3. The summed E-state index contributed by atoms with van der Waals surface area (Å²) < 4.78 is 4.73. The third kappa shape index (κ3) is 3.11. The van der Waals surface area contributed by atoms with Crippen molar-refractivity contribution in [3.63, 3.8) is 0 Å². The molecule has 1 saturated carbocycles. The minimum atomic E-state index is -0.206. The minimum Gasteiger partial charge on any atom is -0.453 e. The Bertz CT molecular complexity index is 208. The predicted octanol–water partition coefficient (Wildman–Crippen LogP) is 2.90. The second-order valence-corrected chi connectivity index (χ2v) is 4.89. The van der Waals surface area contributed by atoms with Crippen LogP contribution in [0.5, 0.6) is 0 Å². The van der Waals surface area contributed by atoms with Gasteiger partial charge in [0.2, 0.25) is 0 Å². The van der Waals surface area contributed by atoms with Crippen LogP contribution in [0.2, 0.25) is 0 Å². The van der Waals surface area contributed by atoms with E-state index in [0.717, 1.165) is 24.7 Å². The predicted molar refractivity (Wildman–Crippen MR) is 60.8 cm³/mol. The van der Waals surface area contributed by atoms with Gasteiger partial charge in [-0.25, -0.2) is 4.79 Å². The van der Waals surface area contributed by atoms with Crippen LogP contribution in [0.1, 0.15) is 39.5 Å². The number of hydrogen-bond donors (Lipinski definition) is 0. The third-order valence-corrected chi connectivity index (χ3v) is 3.69. The van der Waals surface area contributed by atoms with Crippen LogP contribution < -0.4 is 0 Å². The lowest BCUT2D eigenvalue weighted by molar-refractivity contribution is 0.0973. The number of ether oxygens (including phenoxy) is 1. The van der Waals surface area contributed by atoms with Gasteiger partial charge in [-0.15, -0.1) is 0 Å². The van der Waals surface area contributed by atoms with E-state index in [9.17, 15) is 4.79 Å². The van der Waals surface area contributed by atoms with E-state index in [0.29, 0.717) is 6.04 Å². The van der Waals surface area contributed by atoms with Gasteiger partial charge in [0.1, 0.15) is 0 Å². The van der Waals surface area contributed by atoms with Crippen molar-refractivity contribution < 1.29 is 9.53 Å². The summed E-state index contributed by atoms with van der Waals surface area (Å²) in [5, 5.41) is 0. The molecular weight excluding hydrogens is 190 g/mol. The van der Waals surface area contributed by atoms with Crippen LogP contribution in [-0.2, 0) is 4.74 Å². The normalized spacial score (nSPS) is 26.5. The molecule has 3 nitrogen and oxygen atoms in total. The molecule has 1 fully saturated rings. The molecule has 1 aliphatic carbocycles. The van der Waals surface area contributed by atoms with Gasteiger partial charge in [0.05, 0.1) is 7.11 Å². The smallest absolute Gasteiger partial charge is 0.409 e. The fraction of sp³-hybridized carbons (Fsp3) is 0.917. The number of amides is 1. The summed E-state index contributed by atoms with van der Waals surface area (Å²) in [6.07, 6.45) is 4.51. The number of nitrogens with zero attached hydrogens (tertiary/aromatic N) is 1. The summed E-state index contributed by atoms with van der Waals surface area (Å²) in [4.78, 5) is 13.1. The largest absolute Gasteiger partial charge is 0.453 e. The lowest BCUT2D eigenvalue weighted by Gasteiger charge is -2.35. The molecule has 0 unspecified atom stereocenters. The summed E-state index contributed by atoms with van der Waals surface area (Å²) in [7, 11) is 3.28. The first-order chi connectivity index (χ1) is 7.06. The summed E-state index contributed by atoms with van der Waals surface area (Å²) in [6.45, 7) is 4.57. The van der Waals surface area contributed by atoms with Crippen LogP contribution in [0.15, 0.2) is 0 Å². The second-order valence-electron chi connectivity index (χ2n) is 4.89. The Kier molecular flexibility index (Phi) is 4.43. The maximum absolute atomic E-state index is 11.3. The van der Waals surface area contributed by atoms with E-state index >= 15 is 0 Å². The Labute approximate surface area is 92.8 Å². The summed E-state index contributed by atoms with van der Waals surface area (Å²) in [5.74, 6) is 1.61. The standard InChI is InChI=1S/C12H23NO2/c1-9(2)10-5-7-11(8-6-10)13(3)12(14)15-4/h9-11H,5-8H2,1-4H3/t10-,11-. The van der Waals surface area contributed by atoms with E-state index in [4.69, 9.17) is 4.74 Å². The fourth-order valence-electron chi connectivity index (χ4n) is 2.45. The van der Waals surface area contributed by atoms with E-state index in [-0.39, 0.29) is 6.09 Å². The Morgan fingerprint density at radius 2 is 1.80 bits per heavy atom. The van der Waals surface area contributed by atoms with Gasteiger partial charge in [0.15, 0.2) is 0 Å². The maximum atomic E-state index is 11.3. The first-order valence-electron chi connectivity index (χ1n) is 5.87. The van der Waals surface area contributed by atoms with Gasteiger partial charge in [0, 0.05) is 13.1 Å². The topological polar surface area (TPSA) is 29.5 Å². The maximum Gasteiger partial charge on any atom is 0.409 e. The van der Waals surface area contributed by atoms with Crippen molar-refractivity contribution in [3.8, 4) is 0 Å². The van der Waals surface area contributed by atoms with Crippen molar-refractivity contribution in [2.45, 2.75) is 45.6 Å². The molecule has 0 spiro atoms. The monoisotopic (exact) mass is 213 g/mol. The molecule has 3 heteroatoms. The van der Waals surface area contributed by atoms with Crippen molar-refractivity contribution >= 4 is 6.09 Å². The van der Waals surface area contributed by atoms with Gasteiger partial charge in [-0.1, -0.05) is 13.8 Å². The fourth-order valence-corrected chi connectivity index (χ4v) is 2.45. The van der Waals surface area contributed by atoms with Crippen LogP contribution >= 0.6 is 0 Å². The van der Waals surface area contributed by atoms with Crippen molar-refractivity contribution in [2.24, 2.45) is 11.8 Å². The van der Waals surface area contributed by atoms with E-state index in [1.54, 1.807) is 4.90 Å². The highest BCUT2D eigenvalue weighted by molar-refractivity contribution is 5.67. The van der Waals surface area contributed by atoms with Crippen molar-refractivity contribution in [3.05, 3.63) is 0 Å². The number of rotatable bonds is 2. The second kappa shape index (κ2) is 5.38. The number of hydrogen-bond acceptors (Lipinski definition) is 2. The Morgan fingerprint density at radius 1 is 1.27 bits per heavy atom. The van der Waals surface area contributed by atoms with E-state index < -0.39 is 0 Å². The third-order valence-electron chi connectivity index (χ3n) is 3.69. The van der Waals surface area contributed by atoms with Gasteiger partial charge in [-0.3, -0.25) is 0 Å². The molecule has 0 aromatic heterocycles. The van der Waals surface area contributed by atoms with Crippen molar-refractivity contribution in [2.75, 3.05) is 14.2 Å². The van der Waals surface area contributed by atoms with Crippen LogP contribution in [0.25, 0.3) is 0 Å². The van der Waals surface area contributed by atoms with Gasteiger partial charge in [-0.05, 0) is 37.5 Å². The Hall–Kier alpha value is -0.730. The van der Waals surface area contributed by atoms with Gasteiger partial charge < -0.3 is 9.64 Å². The number of methoxy groups -OCH3 is 1. The van der Waals surface area contributed by atoms with Gasteiger partial charge >= 0.3 is 6.09 Å². The molecule has 0 aromatic carbocycles. The lowest BCUT2D eigenvalue weighted by Crippen LogP contribution is -2.39. The molecule has 15 heavy (non-hydrogen) atoms. The lowest BCUT2D eigenvalue weighted by atomic mass is 9.79. The van der Waals surface area contributed by atoms with E-state index in [1.165, 1.54) is 20.0 Å². The van der Waals surface area contributed by atoms with Crippen LogP contribution in [0.4, 0.5) is 4.79 Å². The number of carbonyl (C=O) groups excluding carboxylic acids is 1. The average molecular weight is 213 g/mol. The first kappa shape index (κ1) is 12.3. The molecule has 1 aliphatic rings. The molecule has 0 heterocycles. The van der Waals surface area contributed by atoms with Gasteiger partial charge in [0.25, 0.3) is 0 Å². The highest BCUT2D eigenvalue weighted by atomic mass is 16.5. The van der Waals surface area contributed by atoms with Crippen LogP contribution in [0.3, 0.4) is 0 Å². The molecule has 1 amide bonds. The Morgan fingerprint density at radius 3 is 2.20 bits per heavy atom. The van der Waals surface area contributed by atoms with E-state index in [2.05, 4.69) is 13.8 Å². The molecule has 0 N–H and O–H groups in total. The zero-order chi connectivity index (χ0) is 11.4. The highest BCUT2D eigenvalue weighted by Gasteiger charge is 2.27. The molecule has 0 atom stereocenters. The summed E-state index contributed by atoms with van der Waals surface area (Å²) >= 11 is 0. The molecule has 88 valence electrons. The summed E-state index contributed by atoms with van der Waals surface area (Å²) in [6, 6.07) is 0.382. The molecule has 0 aliphatic heterocycles. The molecular formula is C12H23NO2. The van der Waals surface area contributed by atoms with Crippen molar-refractivity contribution in [1.82, 2.24) is 4.90 Å². The molecule has 1 rings (SSSR count). The molecule has 0 bridgehead atoms. The average Bonchev–Trinajstić information content (AvgIpc) is 2.27. The number of carbonyl (C=O) groups is 1. The molecule has 0 saturated heterocycles. The van der Waals surface area contributed by atoms with E-state index in [1.807, 2.05) is 7.05 Å². The zero-order valence-electron chi connectivity index (χ0n) is 10.3. The highest BCUT2D eigenvalue weighted by Crippen LogP contribution is 2.31. The summed E-state index contributed by atoms with van der Waals surface area (Å²) in [5.41, 5.74) is 0. The first-order valence-corrected chi connectivity index (χ1v) is 5.87. The Balaban J connectivity index is 2.40.